The standard InChI is InChI=1S/C20H14N4O4S.C2H6/c25-15-9-28-13-6-5-10(7-12(13)22-15)8-21-19(27)17-23-18(26)16-11-3-1-2-4-14(11)29-20(16)24-17;1-2/h1-7H,8-9H2,(H,21,27)(H,22,25)(H,23,24,26);1-2H3. The summed E-state index contributed by atoms with van der Waals surface area (Å²) in [5, 5.41) is 6.78. The van der Waals surface area contributed by atoms with Gasteiger partial charge in [0.2, 0.25) is 5.82 Å². The van der Waals surface area contributed by atoms with E-state index in [1.54, 1.807) is 18.2 Å². The van der Waals surface area contributed by atoms with Gasteiger partial charge in [0.25, 0.3) is 17.4 Å². The summed E-state index contributed by atoms with van der Waals surface area (Å²) in [7, 11) is 0. The maximum atomic E-state index is 12.5. The third-order valence-electron chi connectivity index (χ3n) is 4.59. The summed E-state index contributed by atoms with van der Waals surface area (Å²) in [6, 6.07) is 12.8. The van der Waals surface area contributed by atoms with E-state index in [0.29, 0.717) is 21.7 Å². The number of H-pyrrole nitrogens is 1. The van der Waals surface area contributed by atoms with Crippen LogP contribution in [-0.4, -0.2) is 28.4 Å². The zero-order chi connectivity index (χ0) is 22.0. The minimum absolute atomic E-state index is 0.0116. The fraction of sp³-hybridized carbons (Fsp3) is 0.182. The van der Waals surface area contributed by atoms with Crippen molar-refractivity contribution in [2.75, 3.05) is 11.9 Å². The van der Waals surface area contributed by atoms with Crippen molar-refractivity contribution in [3.63, 3.8) is 0 Å². The van der Waals surface area contributed by atoms with Crippen molar-refractivity contribution in [3.8, 4) is 5.75 Å². The Morgan fingerprint density at radius 1 is 1.19 bits per heavy atom. The minimum atomic E-state index is -0.487. The summed E-state index contributed by atoms with van der Waals surface area (Å²) in [5.41, 5.74) is 0.991. The predicted molar refractivity (Wildman–Crippen MR) is 121 cm³/mol. The van der Waals surface area contributed by atoms with Gasteiger partial charge in [-0.1, -0.05) is 38.1 Å². The molecule has 2 amide bonds. The van der Waals surface area contributed by atoms with Gasteiger partial charge >= 0.3 is 0 Å². The van der Waals surface area contributed by atoms with E-state index in [1.165, 1.54) is 11.3 Å². The van der Waals surface area contributed by atoms with Crippen LogP contribution in [0.4, 0.5) is 5.69 Å². The molecular formula is C22H20N4O4S. The highest BCUT2D eigenvalue weighted by molar-refractivity contribution is 7.25. The summed E-state index contributed by atoms with van der Waals surface area (Å²) in [4.78, 5) is 43.9. The number of aromatic nitrogens is 2. The Labute approximate surface area is 181 Å². The molecule has 0 aliphatic carbocycles. The average molecular weight is 436 g/mol. The molecule has 3 N–H and O–H groups in total. The quantitative estimate of drug-likeness (QED) is 0.455. The number of carbonyl (C=O) groups excluding carboxylic acids is 2. The van der Waals surface area contributed by atoms with Crippen molar-refractivity contribution in [1.82, 2.24) is 15.3 Å². The molecule has 8 nitrogen and oxygen atoms in total. The highest BCUT2D eigenvalue weighted by atomic mass is 32.1. The van der Waals surface area contributed by atoms with E-state index in [4.69, 9.17) is 4.74 Å². The number of hydrogen-bond acceptors (Lipinski definition) is 6. The normalized spacial score (nSPS) is 12.4. The molecule has 0 radical (unpaired) electrons. The Hall–Kier alpha value is -3.72. The highest BCUT2D eigenvalue weighted by Crippen LogP contribution is 2.30. The SMILES string of the molecule is CC.O=C1COc2ccc(CNC(=O)c3nc4sc5ccccc5c4c(=O)[nH]3)cc2N1. The number of fused-ring (bicyclic) bond motifs is 4. The molecule has 4 aromatic rings. The van der Waals surface area contributed by atoms with Crippen molar-refractivity contribution < 1.29 is 14.3 Å². The Morgan fingerprint density at radius 2 is 2.00 bits per heavy atom. The molecule has 3 heterocycles. The smallest absolute Gasteiger partial charge is 0.287 e. The molecule has 0 bridgehead atoms. The van der Waals surface area contributed by atoms with Crippen LogP contribution in [0.15, 0.2) is 47.3 Å². The van der Waals surface area contributed by atoms with Gasteiger partial charge in [0, 0.05) is 16.6 Å². The molecular weight excluding hydrogens is 416 g/mol. The number of nitrogens with one attached hydrogen (secondary N) is 3. The highest BCUT2D eigenvalue weighted by Gasteiger charge is 2.17. The molecule has 5 rings (SSSR count). The van der Waals surface area contributed by atoms with E-state index in [0.717, 1.165) is 15.6 Å². The van der Waals surface area contributed by atoms with Gasteiger partial charge in [-0.2, -0.15) is 0 Å². The Morgan fingerprint density at radius 3 is 2.84 bits per heavy atom. The van der Waals surface area contributed by atoms with E-state index in [1.807, 2.05) is 38.1 Å². The van der Waals surface area contributed by atoms with E-state index >= 15 is 0 Å². The fourth-order valence-electron chi connectivity index (χ4n) is 3.24. The monoisotopic (exact) mass is 436 g/mol. The Balaban J connectivity index is 0.00000112. The van der Waals surface area contributed by atoms with Crippen molar-refractivity contribution >= 4 is 49.1 Å². The van der Waals surface area contributed by atoms with Crippen molar-refractivity contribution in [2.24, 2.45) is 0 Å². The summed E-state index contributed by atoms with van der Waals surface area (Å²) in [5.74, 6) is -0.166. The van der Waals surface area contributed by atoms with Crippen LogP contribution < -0.4 is 20.9 Å². The summed E-state index contributed by atoms with van der Waals surface area (Å²) < 4.78 is 6.26. The third kappa shape index (κ3) is 3.99. The van der Waals surface area contributed by atoms with Crippen LogP contribution in [0.25, 0.3) is 20.3 Å². The van der Waals surface area contributed by atoms with Gasteiger partial charge in [-0.15, -0.1) is 11.3 Å². The lowest BCUT2D eigenvalue weighted by molar-refractivity contribution is -0.118. The Kier molecular flexibility index (Phi) is 5.68. The molecule has 0 atom stereocenters. The van der Waals surface area contributed by atoms with Gasteiger partial charge in [-0.05, 0) is 23.8 Å². The van der Waals surface area contributed by atoms with Gasteiger partial charge in [0.05, 0.1) is 11.1 Å². The lowest BCUT2D eigenvalue weighted by atomic mass is 10.1. The number of aromatic amines is 1. The summed E-state index contributed by atoms with van der Waals surface area (Å²) in [6.45, 7) is 4.19. The van der Waals surface area contributed by atoms with Gasteiger partial charge in [-0.25, -0.2) is 4.98 Å². The maximum absolute atomic E-state index is 12.5. The van der Waals surface area contributed by atoms with Crippen LogP contribution in [0.1, 0.15) is 30.0 Å². The van der Waals surface area contributed by atoms with Gasteiger partial charge in [-0.3, -0.25) is 14.4 Å². The minimum Gasteiger partial charge on any atom is -0.482 e. The molecule has 158 valence electrons. The zero-order valence-corrected chi connectivity index (χ0v) is 17.8. The molecule has 0 unspecified atom stereocenters. The average Bonchev–Trinajstić information content (AvgIpc) is 3.17. The number of amides is 2. The van der Waals surface area contributed by atoms with Gasteiger partial charge in [0.1, 0.15) is 10.6 Å². The number of ether oxygens (including phenoxy) is 1. The van der Waals surface area contributed by atoms with Crippen LogP contribution in [0, 0.1) is 0 Å². The number of hydrogen-bond donors (Lipinski definition) is 3. The van der Waals surface area contributed by atoms with E-state index in [2.05, 4.69) is 20.6 Å². The van der Waals surface area contributed by atoms with Crippen molar-refractivity contribution in [3.05, 3.63) is 64.2 Å². The second-order valence-electron chi connectivity index (χ2n) is 6.54. The van der Waals surface area contributed by atoms with Crippen LogP contribution in [0.3, 0.4) is 0 Å². The lowest BCUT2D eigenvalue weighted by Gasteiger charge is -2.18. The molecule has 9 heteroatoms. The first-order valence-electron chi connectivity index (χ1n) is 9.84. The molecule has 31 heavy (non-hydrogen) atoms. The van der Waals surface area contributed by atoms with Gasteiger partial charge in [0.15, 0.2) is 6.61 Å². The lowest BCUT2D eigenvalue weighted by Crippen LogP contribution is -2.28. The first-order chi connectivity index (χ1) is 15.1. The number of thiophene rings is 1. The molecule has 2 aromatic heterocycles. The second-order valence-corrected chi connectivity index (χ2v) is 7.57. The van der Waals surface area contributed by atoms with Crippen LogP contribution >= 0.6 is 11.3 Å². The first kappa shape index (κ1) is 20.5. The topological polar surface area (TPSA) is 113 Å². The van der Waals surface area contributed by atoms with E-state index < -0.39 is 5.91 Å². The van der Waals surface area contributed by atoms with Crippen LogP contribution in [0.2, 0.25) is 0 Å². The molecule has 0 fully saturated rings. The fourth-order valence-corrected chi connectivity index (χ4v) is 4.32. The molecule has 0 saturated heterocycles. The molecule has 2 aromatic carbocycles. The number of rotatable bonds is 3. The summed E-state index contributed by atoms with van der Waals surface area (Å²) >= 11 is 1.37. The second kappa shape index (κ2) is 8.57. The third-order valence-corrected chi connectivity index (χ3v) is 5.66. The zero-order valence-electron chi connectivity index (χ0n) is 16.9. The molecule has 1 aliphatic rings. The van der Waals surface area contributed by atoms with E-state index in [9.17, 15) is 14.4 Å². The van der Waals surface area contributed by atoms with Crippen LogP contribution in [0.5, 0.6) is 5.75 Å². The Bertz CT molecular complexity index is 1360. The number of carbonyl (C=O) groups is 2. The van der Waals surface area contributed by atoms with E-state index in [-0.39, 0.29) is 30.4 Å². The molecule has 0 saturated carbocycles. The first-order valence-corrected chi connectivity index (χ1v) is 10.7. The number of benzene rings is 2. The maximum Gasteiger partial charge on any atom is 0.287 e. The van der Waals surface area contributed by atoms with Crippen molar-refractivity contribution in [2.45, 2.75) is 20.4 Å². The van der Waals surface area contributed by atoms with Crippen molar-refractivity contribution in [1.29, 1.82) is 0 Å². The van der Waals surface area contributed by atoms with Gasteiger partial charge < -0.3 is 20.4 Å². The molecule has 0 spiro atoms. The predicted octanol–water partition coefficient (Wildman–Crippen LogP) is 3.42. The summed E-state index contributed by atoms with van der Waals surface area (Å²) in [6.07, 6.45) is 0. The molecule has 1 aliphatic heterocycles. The number of nitrogens with zero attached hydrogens (tertiary/aromatic N) is 1. The van der Waals surface area contributed by atoms with Crippen LogP contribution in [-0.2, 0) is 11.3 Å². The number of anilines is 1. The largest absolute Gasteiger partial charge is 0.482 e.